The van der Waals surface area contributed by atoms with Crippen molar-refractivity contribution >= 4 is 20.4 Å². The Bertz CT molecular complexity index is 449. The summed E-state index contributed by atoms with van der Waals surface area (Å²) in [6.07, 6.45) is -0.725. The zero-order valence-electron chi connectivity index (χ0n) is 18.2. The van der Waals surface area contributed by atoms with Crippen LogP contribution in [0.2, 0.25) is 16.6 Å². The molecule has 1 unspecified atom stereocenters. The van der Waals surface area contributed by atoms with Gasteiger partial charge in [-0.05, 0) is 37.4 Å². The highest BCUT2D eigenvalue weighted by Crippen LogP contribution is 2.42. The highest BCUT2D eigenvalue weighted by molar-refractivity contribution is 6.77. The molecular weight excluding hydrogens is 350 g/mol. The van der Waals surface area contributed by atoms with Gasteiger partial charge in [-0.2, -0.15) is 0 Å². The van der Waals surface area contributed by atoms with Crippen molar-refractivity contribution in [2.45, 2.75) is 97.5 Å². The fourth-order valence-corrected chi connectivity index (χ4v) is 9.31. The lowest BCUT2D eigenvalue weighted by molar-refractivity contribution is -0.141. The molecule has 0 saturated heterocycles. The number of carboxylic acids is 1. The van der Waals surface area contributed by atoms with Crippen molar-refractivity contribution < 1.29 is 23.9 Å². The second-order valence-electron chi connectivity index (χ2n) is 9.07. The summed E-state index contributed by atoms with van der Waals surface area (Å²) in [7, 11) is -2.09. The Hall–Kier alpha value is -1.08. The van der Waals surface area contributed by atoms with Crippen LogP contribution >= 0.6 is 0 Å². The van der Waals surface area contributed by atoms with Gasteiger partial charge >= 0.3 is 12.1 Å². The molecule has 0 heterocycles. The van der Waals surface area contributed by atoms with Crippen molar-refractivity contribution in [1.82, 2.24) is 5.32 Å². The number of amides is 1. The van der Waals surface area contributed by atoms with Crippen molar-refractivity contribution in [2.75, 3.05) is 6.61 Å². The molecule has 2 atom stereocenters. The summed E-state index contributed by atoms with van der Waals surface area (Å²) in [5, 5.41) is 12.0. The van der Waals surface area contributed by atoms with E-state index in [2.05, 4.69) is 46.9 Å². The van der Waals surface area contributed by atoms with Gasteiger partial charge in [0.05, 0.1) is 0 Å². The third-order valence-corrected chi connectivity index (χ3v) is 10.9. The summed E-state index contributed by atoms with van der Waals surface area (Å²) in [5.41, 5.74) is 0.562. The summed E-state index contributed by atoms with van der Waals surface area (Å²) in [6.45, 7) is 20.4. The molecule has 0 rings (SSSR count). The fourth-order valence-electron chi connectivity index (χ4n) is 3.75. The minimum Gasteiger partial charge on any atom is -0.480 e. The van der Waals surface area contributed by atoms with Gasteiger partial charge in [0, 0.05) is 12.5 Å². The SMILES string of the molecule is CC(CO[Si](C(C)C)(C(C)C)C(C)C)[C@H](NC(=O)OC(C)(C)C)C(=O)O. The van der Waals surface area contributed by atoms with Gasteiger partial charge in [-0.3, -0.25) is 0 Å². The maximum atomic E-state index is 12.0. The molecule has 7 heteroatoms. The van der Waals surface area contributed by atoms with Crippen molar-refractivity contribution in [1.29, 1.82) is 0 Å². The van der Waals surface area contributed by atoms with Crippen LogP contribution in [0.4, 0.5) is 4.79 Å². The molecule has 0 aliphatic carbocycles. The number of hydrogen-bond acceptors (Lipinski definition) is 4. The number of nitrogens with one attached hydrogen (secondary N) is 1. The minimum atomic E-state index is -2.09. The maximum absolute atomic E-state index is 12.0. The zero-order chi connectivity index (χ0) is 20.9. The Kier molecular flexibility index (Phi) is 9.33. The predicted molar refractivity (Wildman–Crippen MR) is 107 cm³/mol. The molecule has 0 aromatic rings. The summed E-state index contributed by atoms with van der Waals surface area (Å²) >= 11 is 0. The van der Waals surface area contributed by atoms with Crippen molar-refractivity contribution in [3.63, 3.8) is 0 Å². The van der Waals surface area contributed by atoms with Crippen LogP contribution in [0.1, 0.15) is 69.2 Å². The maximum Gasteiger partial charge on any atom is 0.408 e. The van der Waals surface area contributed by atoms with E-state index < -0.39 is 32.0 Å². The van der Waals surface area contributed by atoms with Crippen LogP contribution in [0.3, 0.4) is 0 Å². The normalized spacial score (nSPS) is 15.3. The number of carboxylic acid groups (broad SMARTS) is 1. The first-order valence-electron chi connectivity index (χ1n) is 9.51. The minimum absolute atomic E-state index is 0.299. The molecule has 2 N–H and O–H groups in total. The van der Waals surface area contributed by atoms with E-state index in [1.54, 1.807) is 27.7 Å². The number of ether oxygens (including phenoxy) is 1. The molecule has 0 saturated carbocycles. The molecule has 0 aromatic carbocycles. The fraction of sp³-hybridized carbons (Fsp3) is 0.895. The molecule has 0 aliphatic rings. The second-order valence-corrected chi connectivity index (χ2v) is 14.5. The van der Waals surface area contributed by atoms with Crippen LogP contribution in [0, 0.1) is 5.92 Å². The lowest BCUT2D eigenvalue weighted by Crippen LogP contribution is -2.52. The van der Waals surface area contributed by atoms with Gasteiger partial charge in [0.15, 0.2) is 8.32 Å². The van der Waals surface area contributed by atoms with Crippen LogP contribution in [-0.4, -0.2) is 43.7 Å². The summed E-state index contributed by atoms with van der Waals surface area (Å²) in [6, 6.07) is -1.05. The highest BCUT2D eigenvalue weighted by Gasteiger charge is 2.45. The molecule has 0 bridgehead atoms. The molecule has 0 fully saturated rings. The molecule has 0 aromatic heterocycles. The molecule has 0 aliphatic heterocycles. The third kappa shape index (κ3) is 6.91. The monoisotopic (exact) mass is 389 g/mol. The molecule has 6 nitrogen and oxygen atoms in total. The standard InChI is InChI=1S/C19H39NO5Si/c1-12(2)26(13(3)4,14(5)6)24-11-15(7)16(17(21)22)20-18(23)25-19(8,9)10/h12-16H,11H2,1-10H3,(H,20,23)(H,21,22)/t15?,16-/m0/s1. The van der Waals surface area contributed by atoms with E-state index in [0.717, 1.165) is 0 Å². The zero-order valence-corrected chi connectivity index (χ0v) is 19.2. The highest BCUT2D eigenvalue weighted by atomic mass is 28.4. The average Bonchev–Trinajstić information content (AvgIpc) is 2.41. The van der Waals surface area contributed by atoms with Gasteiger partial charge < -0.3 is 19.6 Å². The van der Waals surface area contributed by atoms with Crippen LogP contribution < -0.4 is 5.32 Å². The molecule has 0 radical (unpaired) electrons. The average molecular weight is 390 g/mol. The van der Waals surface area contributed by atoms with Crippen molar-refractivity contribution in [3.8, 4) is 0 Å². The molecule has 1 amide bonds. The van der Waals surface area contributed by atoms with Crippen LogP contribution in [0.25, 0.3) is 0 Å². The Morgan fingerprint density at radius 2 is 1.38 bits per heavy atom. The Labute approximate surface area is 160 Å². The third-order valence-electron chi connectivity index (χ3n) is 4.81. The Balaban J connectivity index is 5.19. The lowest BCUT2D eigenvalue weighted by Gasteiger charge is -2.43. The second kappa shape index (κ2) is 9.74. The Morgan fingerprint density at radius 3 is 1.69 bits per heavy atom. The topological polar surface area (TPSA) is 84.9 Å². The molecular formula is C19H39NO5Si. The van der Waals surface area contributed by atoms with Gasteiger partial charge in [0.2, 0.25) is 0 Å². The van der Waals surface area contributed by atoms with Gasteiger partial charge in [-0.25, -0.2) is 9.59 Å². The molecule has 26 heavy (non-hydrogen) atoms. The van der Waals surface area contributed by atoms with E-state index in [4.69, 9.17) is 9.16 Å². The first-order chi connectivity index (χ1) is 11.6. The molecule has 0 spiro atoms. The van der Waals surface area contributed by atoms with Gasteiger partial charge in [0.25, 0.3) is 0 Å². The van der Waals surface area contributed by atoms with E-state index in [1.807, 2.05) is 0 Å². The van der Waals surface area contributed by atoms with Crippen LogP contribution in [0.15, 0.2) is 0 Å². The summed E-state index contributed by atoms with van der Waals surface area (Å²) in [4.78, 5) is 23.6. The van der Waals surface area contributed by atoms with E-state index >= 15 is 0 Å². The number of rotatable bonds is 9. The summed E-state index contributed by atoms with van der Waals surface area (Å²) in [5.74, 6) is -1.46. The first-order valence-corrected chi connectivity index (χ1v) is 11.6. The number of carbonyl (C=O) groups excluding carboxylic acids is 1. The van der Waals surface area contributed by atoms with E-state index in [1.165, 1.54) is 0 Å². The quantitative estimate of drug-likeness (QED) is 0.554. The van der Waals surface area contributed by atoms with E-state index in [9.17, 15) is 14.7 Å². The number of aliphatic carboxylic acids is 1. The van der Waals surface area contributed by atoms with Crippen LogP contribution in [0.5, 0.6) is 0 Å². The number of alkyl carbamates (subject to hydrolysis) is 1. The van der Waals surface area contributed by atoms with E-state index in [0.29, 0.717) is 23.2 Å². The predicted octanol–water partition coefficient (Wildman–Crippen LogP) is 4.79. The van der Waals surface area contributed by atoms with Crippen LogP contribution in [-0.2, 0) is 14.0 Å². The molecule has 154 valence electrons. The van der Waals surface area contributed by atoms with Gasteiger partial charge in [-0.1, -0.05) is 48.5 Å². The number of hydrogen-bond donors (Lipinski definition) is 2. The number of carbonyl (C=O) groups is 2. The van der Waals surface area contributed by atoms with Gasteiger partial charge in [-0.15, -0.1) is 0 Å². The first kappa shape index (κ1) is 24.9. The lowest BCUT2D eigenvalue weighted by atomic mass is 10.0. The van der Waals surface area contributed by atoms with E-state index in [-0.39, 0.29) is 5.92 Å². The summed E-state index contributed by atoms with van der Waals surface area (Å²) < 4.78 is 11.7. The largest absolute Gasteiger partial charge is 0.480 e. The smallest absolute Gasteiger partial charge is 0.408 e. The van der Waals surface area contributed by atoms with Gasteiger partial charge in [0.1, 0.15) is 11.6 Å². The van der Waals surface area contributed by atoms with Crippen molar-refractivity contribution in [2.24, 2.45) is 5.92 Å². The van der Waals surface area contributed by atoms with Crippen molar-refractivity contribution in [3.05, 3.63) is 0 Å². The Morgan fingerprint density at radius 1 is 0.962 bits per heavy atom.